The lowest BCUT2D eigenvalue weighted by molar-refractivity contribution is -0.151. The van der Waals surface area contributed by atoms with Crippen LogP contribution < -0.4 is 19.5 Å². The second-order valence-corrected chi connectivity index (χ2v) is 8.62. The number of Topliss-reactive ketones (excluding diaryl/α,β-unsaturated/α-hetero) is 1. The Balaban J connectivity index is 2.30. The molecule has 3 atom stereocenters. The molecule has 3 unspecified atom stereocenters. The van der Waals surface area contributed by atoms with Gasteiger partial charge in [-0.2, -0.15) is 0 Å². The van der Waals surface area contributed by atoms with Gasteiger partial charge in [0.15, 0.2) is 17.3 Å². The van der Waals surface area contributed by atoms with Gasteiger partial charge in [-0.25, -0.2) is 4.79 Å². The second-order valence-electron chi connectivity index (χ2n) is 8.62. The summed E-state index contributed by atoms with van der Waals surface area (Å²) in [5.74, 6) is -2.43. The van der Waals surface area contributed by atoms with Crippen LogP contribution in [-0.4, -0.2) is 52.8 Å². The highest BCUT2D eigenvalue weighted by atomic mass is 16.5. The van der Waals surface area contributed by atoms with E-state index >= 15 is 0 Å². The van der Waals surface area contributed by atoms with Gasteiger partial charge in [-0.05, 0) is 31.7 Å². The van der Waals surface area contributed by atoms with E-state index in [-0.39, 0.29) is 18.1 Å². The highest BCUT2D eigenvalue weighted by Crippen LogP contribution is 2.49. The van der Waals surface area contributed by atoms with Crippen LogP contribution in [0.3, 0.4) is 0 Å². The number of allylic oxidation sites excluding steroid dienone is 3. The van der Waals surface area contributed by atoms with E-state index in [4.69, 9.17) is 23.7 Å². The summed E-state index contributed by atoms with van der Waals surface area (Å²) in [5.41, 5.74) is 2.35. The maximum Gasteiger partial charge on any atom is 0.336 e. The fraction of sp³-hybridized carbons (Fsp3) is 0.500. The summed E-state index contributed by atoms with van der Waals surface area (Å²) >= 11 is 0. The summed E-state index contributed by atoms with van der Waals surface area (Å²) in [6.45, 7) is 5.73. The molecule has 0 amide bonds. The van der Waals surface area contributed by atoms with Crippen molar-refractivity contribution in [3.63, 3.8) is 0 Å². The average molecular weight is 488 g/mol. The van der Waals surface area contributed by atoms with Gasteiger partial charge in [-0.3, -0.25) is 9.59 Å². The van der Waals surface area contributed by atoms with Crippen LogP contribution in [0.1, 0.15) is 45.1 Å². The predicted octanol–water partition coefficient (Wildman–Crippen LogP) is 3.28. The molecule has 0 saturated heterocycles. The highest BCUT2D eigenvalue weighted by molar-refractivity contribution is 6.12. The highest BCUT2D eigenvalue weighted by Gasteiger charge is 2.48. The number of nitrogens with one attached hydrogen (secondary N) is 1. The zero-order valence-corrected chi connectivity index (χ0v) is 21.3. The number of carbonyl (C=O) groups is 3. The fourth-order valence-corrected chi connectivity index (χ4v) is 4.81. The standard InChI is InChI=1S/C26H33NO8/c1-8-9-35-26(30)21-14(3)27-16-10-13(2)20(25(29)34-7)24(28)23(16)22(21)15-11-18(32-5)19(33-6)12-17(15)31-4/h11-13,20,22,27H,8-10H2,1-7H3. The average Bonchev–Trinajstić information content (AvgIpc) is 2.85. The summed E-state index contributed by atoms with van der Waals surface area (Å²) in [4.78, 5) is 39.7. The molecule has 0 radical (unpaired) electrons. The third-order valence-corrected chi connectivity index (χ3v) is 6.45. The quantitative estimate of drug-likeness (QED) is 0.436. The van der Waals surface area contributed by atoms with Crippen LogP contribution in [0.4, 0.5) is 0 Å². The Morgan fingerprint density at radius 2 is 1.66 bits per heavy atom. The van der Waals surface area contributed by atoms with E-state index in [1.54, 1.807) is 19.1 Å². The fourth-order valence-electron chi connectivity index (χ4n) is 4.81. The minimum absolute atomic E-state index is 0.229. The van der Waals surface area contributed by atoms with Crippen LogP contribution in [0.15, 0.2) is 34.7 Å². The van der Waals surface area contributed by atoms with E-state index in [2.05, 4.69) is 5.32 Å². The maximum absolute atomic E-state index is 13.9. The van der Waals surface area contributed by atoms with Crippen molar-refractivity contribution < 1.29 is 38.1 Å². The number of hydrogen-bond donors (Lipinski definition) is 1. The Bertz CT molecular complexity index is 1090. The first kappa shape index (κ1) is 26.1. The monoisotopic (exact) mass is 487 g/mol. The third-order valence-electron chi connectivity index (χ3n) is 6.45. The molecule has 1 heterocycles. The molecule has 2 aliphatic rings. The van der Waals surface area contributed by atoms with Crippen LogP contribution in [0.5, 0.6) is 17.2 Å². The number of ether oxygens (including phenoxy) is 5. The molecular formula is C26H33NO8. The molecule has 0 spiro atoms. The van der Waals surface area contributed by atoms with E-state index in [1.807, 2.05) is 13.8 Å². The molecule has 9 heteroatoms. The minimum Gasteiger partial charge on any atom is -0.496 e. The summed E-state index contributed by atoms with van der Waals surface area (Å²) in [6, 6.07) is 3.34. The van der Waals surface area contributed by atoms with Crippen LogP contribution in [0.25, 0.3) is 0 Å². The summed E-state index contributed by atoms with van der Waals surface area (Å²) in [6.07, 6.45) is 1.08. The topological polar surface area (TPSA) is 109 Å². The van der Waals surface area contributed by atoms with Crippen LogP contribution in [0, 0.1) is 11.8 Å². The minimum atomic E-state index is -0.986. The zero-order chi connectivity index (χ0) is 25.9. The SMILES string of the molecule is CCCOC(=O)C1=C(C)NC2=C(C(=O)C(C(=O)OC)C(C)C2)C1c1cc(OC)c(OC)cc1OC. The molecule has 3 rings (SSSR count). The third kappa shape index (κ3) is 4.72. The largest absolute Gasteiger partial charge is 0.496 e. The molecule has 1 aromatic rings. The molecule has 190 valence electrons. The van der Waals surface area contributed by atoms with Gasteiger partial charge >= 0.3 is 11.9 Å². The molecule has 1 aromatic carbocycles. The lowest BCUT2D eigenvalue weighted by Gasteiger charge is -2.38. The molecular weight excluding hydrogens is 454 g/mol. The van der Waals surface area contributed by atoms with E-state index in [1.165, 1.54) is 28.4 Å². The molecule has 0 bridgehead atoms. The molecule has 1 N–H and O–H groups in total. The summed E-state index contributed by atoms with van der Waals surface area (Å²) in [7, 11) is 5.76. The number of ketones is 1. The van der Waals surface area contributed by atoms with Crippen molar-refractivity contribution in [2.45, 2.75) is 39.5 Å². The van der Waals surface area contributed by atoms with Gasteiger partial charge in [0.25, 0.3) is 0 Å². The molecule has 1 aliphatic heterocycles. The van der Waals surface area contributed by atoms with Crippen molar-refractivity contribution >= 4 is 17.7 Å². The first-order chi connectivity index (χ1) is 16.7. The van der Waals surface area contributed by atoms with Crippen molar-refractivity contribution in [2.75, 3.05) is 35.0 Å². The first-order valence-electron chi connectivity index (χ1n) is 11.5. The van der Waals surface area contributed by atoms with E-state index in [9.17, 15) is 14.4 Å². The molecule has 0 fully saturated rings. The van der Waals surface area contributed by atoms with Gasteiger partial charge in [0.1, 0.15) is 11.7 Å². The Morgan fingerprint density at radius 1 is 1.03 bits per heavy atom. The number of hydrogen-bond acceptors (Lipinski definition) is 9. The van der Waals surface area contributed by atoms with Crippen molar-refractivity contribution in [3.8, 4) is 17.2 Å². The van der Waals surface area contributed by atoms with Gasteiger partial charge in [-0.1, -0.05) is 13.8 Å². The lowest BCUT2D eigenvalue weighted by Crippen LogP contribution is -2.43. The number of methoxy groups -OCH3 is 4. The lowest BCUT2D eigenvalue weighted by atomic mass is 9.69. The Hall–Kier alpha value is -3.49. The van der Waals surface area contributed by atoms with E-state index in [0.717, 1.165) is 0 Å². The van der Waals surface area contributed by atoms with Crippen LogP contribution in [0.2, 0.25) is 0 Å². The second kappa shape index (κ2) is 10.8. The molecule has 9 nitrogen and oxygen atoms in total. The Kier molecular flexibility index (Phi) is 8.09. The smallest absolute Gasteiger partial charge is 0.336 e. The Labute approximate surface area is 205 Å². The number of rotatable bonds is 8. The summed E-state index contributed by atoms with van der Waals surface area (Å²) < 4.78 is 27.0. The van der Waals surface area contributed by atoms with Crippen LogP contribution in [-0.2, 0) is 23.9 Å². The van der Waals surface area contributed by atoms with Gasteiger partial charge in [0.05, 0.1) is 46.5 Å². The number of esters is 2. The number of benzene rings is 1. The number of carbonyl (C=O) groups excluding carboxylic acids is 3. The number of dihydropyridines is 1. The molecule has 1 aliphatic carbocycles. The van der Waals surface area contributed by atoms with Gasteiger partial charge in [0.2, 0.25) is 0 Å². The van der Waals surface area contributed by atoms with E-state index in [0.29, 0.717) is 52.6 Å². The van der Waals surface area contributed by atoms with E-state index < -0.39 is 29.6 Å². The molecule has 35 heavy (non-hydrogen) atoms. The van der Waals surface area contributed by atoms with Gasteiger partial charge in [-0.15, -0.1) is 0 Å². The summed E-state index contributed by atoms with van der Waals surface area (Å²) in [5, 5.41) is 3.24. The predicted molar refractivity (Wildman–Crippen MR) is 127 cm³/mol. The molecule has 0 aromatic heterocycles. The van der Waals surface area contributed by atoms with Gasteiger partial charge in [0, 0.05) is 28.6 Å². The van der Waals surface area contributed by atoms with Crippen molar-refractivity contribution in [1.82, 2.24) is 5.32 Å². The van der Waals surface area contributed by atoms with Crippen molar-refractivity contribution in [2.24, 2.45) is 11.8 Å². The maximum atomic E-state index is 13.9. The Morgan fingerprint density at radius 3 is 2.23 bits per heavy atom. The normalized spacial score (nSPS) is 21.7. The zero-order valence-electron chi connectivity index (χ0n) is 21.3. The van der Waals surface area contributed by atoms with Gasteiger partial charge < -0.3 is 29.0 Å². The van der Waals surface area contributed by atoms with Crippen molar-refractivity contribution in [1.29, 1.82) is 0 Å². The van der Waals surface area contributed by atoms with Crippen molar-refractivity contribution in [3.05, 3.63) is 40.2 Å². The molecule has 0 saturated carbocycles. The first-order valence-corrected chi connectivity index (χ1v) is 11.5. The van der Waals surface area contributed by atoms with Crippen LogP contribution >= 0.6 is 0 Å².